The van der Waals surface area contributed by atoms with Crippen LogP contribution in [0.3, 0.4) is 0 Å². The first kappa shape index (κ1) is 14.9. The SMILES string of the molecule is Cl.Cl.NCc1ccc(Cn2cncn2)cc1. The number of halogens is 2. The lowest BCUT2D eigenvalue weighted by Crippen LogP contribution is -2.01. The van der Waals surface area contributed by atoms with Gasteiger partial charge in [0.05, 0.1) is 6.54 Å². The van der Waals surface area contributed by atoms with Gasteiger partial charge in [0.2, 0.25) is 0 Å². The van der Waals surface area contributed by atoms with Crippen molar-refractivity contribution in [3.8, 4) is 0 Å². The van der Waals surface area contributed by atoms with E-state index in [0.717, 1.165) is 12.1 Å². The van der Waals surface area contributed by atoms with E-state index in [1.165, 1.54) is 11.9 Å². The molecule has 0 unspecified atom stereocenters. The van der Waals surface area contributed by atoms with Crippen LogP contribution in [0.4, 0.5) is 0 Å². The molecule has 0 saturated carbocycles. The molecule has 0 radical (unpaired) electrons. The Morgan fingerprint density at radius 1 is 1.06 bits per heavy atom. The summed E-state index contributed by atoms with van der Waals surface area (Å²) in [5.74, 6) is 0. The minimum absolute atomic E-state index is 0. The lowest BCUT2D eigenvalue weighted by molar-refractivity contribution is 0.684. The second kappa shape index (κ2) is 7.22. The molecule has 1 aromatic heterocycles. The average molecular weight is 261 g/mol. The summed E-state index contributed by atoms with van der Waals surface area (Å²) in [6.45, 7) is 1.34. The van der Waals surface area contributed by atoms with Crippen molar-refractivity contribution in [2.75, 3.05) is 0 Å². The van der Waals surface area contributed by atoms with E-state index in [-0.39, 0.29) is 24.8 Å². The lowest BCUT2D eigenvalue weighted by Gasteiger charge is -2.02. The van der Waals surface area contributed by atoms with Crippen LogP contribution in [0.5, 0.6) is 0 Å². The zero-order chi connectivity index (χ0) is 9.80. The maximum Gasteiger partial charge on any atom is 0.137 e. The highest BCUT2D eigenvalue weighted by Crippen LogP contribution is 2.04. The van der Waals surface area contributed by atoms with Gasteiger partial charge in [0, 0.05) is 6.54 Å². The summed E-state index contributed by atoms with van der Waals surface area (Å²) < 4.78 is 1.79. The Bertz CT molecular complexity index is 386. The van der Waals surface area contributed by atoms with Crippen LogP contribution in [0.1, 0.15) is 11.1 Å². The van der Waals surface area contributed by atoms with Crippen LogP contribution in [-0.2, 0) is 13.1 Å². The van der Waals surface area contributed by atoms with Gasteiger partial charge >= 0.3 is 0 Å². The first-order valence-electron chi connectivity index (χ1n) is 4.49. The number of hydrogen-bond donors (Lipinski definition) is 1. The Morgan fingerprint density at radius 2 is 1.69 bits per heavy atom. The first-order chi connectivity index (χ1) is 6.88. The van der Waals surface area contributed by atoms with E-state index in [2.05, 4.69) is 22.2 Å². The summed E-state index contributed by atoms with van der Waals surface area (Å²) in [5, 5.41) is 4.03. The predicted molar refractivity (Wildman–Crippen MR) is 68.0 cm³/mol. The standard InChI is InChI=1S/C10H12N4.2ClH/c11-5-9-1-3-10(4-2-9)6-14-8-12-7-13-14;;/h1-4,7-8H,5-6,11H2;2*1H. The number of rotatable bonds is 3. The fraction of sp³-hybridized carbons (Fsp3) is 0.200. The van der Waals surface area contributed by atoms with E-state index >= 15 is 0 Å². The second-order valence-electron chi connectivity index (χ2n) is 3.11. The van der Waals surface area contributed by atoms with Crippen LogP contribution in [0, 0.1) is 0 Å². The monoisotopic (exact) mass is 260 g/mol. The molecular formula is C10H14Cl2N4. The van der Waals surface area contributed by atoms with Crippen molar-refractivity contribution in [1.29, 1.82) is 0 Å². The predicted octanol–water partition coefficient (Wildman–Crippen LogP) is 1.63. The van der Waals surface area contributed by atoms with Gasteiger partial charge in [-0.05, 0) is 11.1 Å². The van der Waals surface area contributed by atoms with Crippen LogP contribution in [0.2, 0.25) is 0 Å². The molecule has 1 heterocycles. The van der Waals surface area contributed by atoms with Crippen molar-refractivity contribution in [3.05, 3.63) is 48.0 Å². The maximum atomic E-state index is 5.51. The fourth-order valence-corrected chi connectivity index (χ4v) is 1.28. The van der Waals surface area contributed by atoms with E-state index in [9.17, 15) is 0 Å². The second-order valence-corrected chi connectivity index (χ2v) is 3.11. The molecule has 0 spiro atoms. The zero-order valence-corrected chi connectivity index (χ0v) is 10.2. The van der Waals surface area contributed by atoms with Crippen molar-refractivity contribution < 1.29 is 0 Å². The van der Waals surface area contributed by atoms with Crippen molar-refractivity contribution in [2.24, 2.45) is 5.73 Å². The minimum atomic E-state index is 0. The molecule has 0 bridgehead atoms. The van der Waals surface area contributed by atoms with Crippen LogP contribution < -0.4 is 5.73 Å². The van der Waals surface area contributed by atoms with Gasteiger partial charge in [-0.2, -0.15) is 5.10 Å². The average Bonchev–Trinajstić information content (AvgIpc) is 2.72. The van der Waals surface area contributed by atoms with Crippen molar-refractivity contribution in [3.63, 3.8) is 0 Å². The van der Waals surface area contributed by atoms with Gasteiger partial charge in [-0.1, -0.05) is 24.3 Å². The van der Waals surface area contributed by atoms with E-state index in [0.29, 0.717) is 6.54 Å². The van der Waals surface area contributed by atoms with Gasteiger partial charge in [-0.25, -0.2) is 9.67 Å². The first-order valence-corrected chi connectivity index (χ1v) is 4.49. The van der Waals surface area contributed by atoms with Gasteiger partial charge in [0.15, 0.2) is 0 Å². The molecule has 0 aliphatic rings. The summed E-state index contributed by atoms with van der Waals surface area (Å²) in [5.41, 5.74) is 7.86. The van der Waals surface area contributed by atoms with E-state index in [1.807, 2.05) is 12.1 Å². The van der Waals surface area contributed by atoms with E-state index < -0.39 is 0 Å². The number of nitrogens with two attached hydrogens (primary N) is 1. The molecule has 2 rings (SSSR count). The van der Waals surface area contributed by atoms with Gasteiger partial charge in [0.25, 0.3) is 0 Å². The van der Waals surface area contributed by atoms with Gasteiger partial charge in [-0.3, -0.25) is 0 Å². The minimum Gasteiger partial charge on any atom is -0.326 e. The van der Waals surface area contributed by atoms with Gasteiger partial charge in [-0.15, -0.1) is 24.8 Å². The molecule has 4 nitrogen and oxygen atoms in total. The van der Waals surface area contributed by atoms with Crippen LogP contribution >= 0.6 is 24.8 Å². The maximum absolute atomic E-state index is 5.51. The molecule has 2 aromatic rings. The van der Waals surface area contributed by atoms with Crippen LogP contribution in [-0.4, -0.2) is 14.8 Å². The van der Waals surface area contributed by atoms with E-state index in [4.69, 9.17) is 5.73 Å². The summed E-state index contributed by atoms with van der Waals surface area (Å²) >= 11 is 0. The lowest BCUT2D eigenvalue weighted by atomic mass is 10.1. The summed E-state index contributed by atoms with van der Waals surface area (Å²) in [6.07, 6.45) is 3.24. The summed E-state index contributed by atoms with van der Waals surface area (Å²) in [7, 11) is 0. The summed E-state index contributed by atoms with van der Waals surface area (Å²) in [6, 6.07) is 8.19. The number of hydrogen-bond acceptors (Lipinski definition) is 3. The molecule has 2 N–H and O–H groups in total. The Kier molecular flexibility index (Phi) is 6.72. The Morgan fingerprint density at radius 3 is 2.19 bits per heavy atom. The van der Waals surface area contributed by atoms with Gasteiger partial charge in [0.1, 0.15) is 12.7 Å². The van der Waals surface area contributed by atoms with Crippen molar-refractivity contribution >= 4 is 24.8 Å². The molecule has 0 atom stereocenters. The molecule has 0 fully saturated rings. The largest absolute Gasteiger partial charge is 0.326 e. The van der Waals surface area contributed by atoms with Crippen LogP contribution in [0.25, 0.3) is 0 Å². The number of nitrogens with zero attached hydrogens (tertiary/aromatic N) is 3. The van der Waals surface area contributed by atoms with Crippen molar-refractivity contribution in [1.82, 2.24) is 14.8 Å². The molecule has 6 heteroatoms. The Hall–Kier alpha value is -1.10. The molecule has 88 valence electrons. The summed E-state index contributed by atoms with van der Waals surface area (Å²) in [4.78, 5) is 3.88. The zero-order valence-electron chi connectivity index (χ0n) is 8.61. The molecule has 1 aromatic carbocycles. The van der Waals surface area contributed by atoms with Gasteiger partial charge < -0.3 is 5.73 Å². The molecule has 0 amide bonds. The molecule has 0 aliphatic heterocycles. The molecule has 0 aliphatic carbocycles. The topological polar surface area (TPSA) is 56.7 Å². The molecular weight excluding hydrogens is 247 g/mol. The third kappa shape index (κ3) is 3.81. The molecule has 0 saturated heterocycles. The van der Waals surface area contributed by atoms with Crippen molar-refractivity contribution in [2.45, 2.75) is 13.1 Å². The third-order valence-corrected chi connectivity index (χ3v) is 2.07. The number of aromatic nitrogens is 3. The van der Waals surface area contributed by atoms with E-state index in [1.54, 1.807) is 11.0 Å². The quantitative estimate of drug-likeness (QED) is 0.913. The third-order valence-electron chi connectivity index (χ3n) is 2.07. The Labute approximate surface area is 107 Å². The molecule has 16 heavy (non-hydrogen) atoms. The van der Waals surface area contributed by atoms with Crippen LogP contribution in [0.15, 0.2) is 36.9 Å². The highest BCUT2D eigenvalue weighted by Gasteiger charge is 1.95. The number of benzene rings is 1. The normalized spacial score (nSPS) is 9.06. The fourth-order valence-electron chi connectivity index (χ4n) is 1.28. The highest BCUT2D eigenvalue weighted by molar-refractivity contribution is 5.85. The highest BCUT2D eigenvalue weighted by atomic mass is 35.5. The smallest absolute Gasteiger partial charge is 0.137 e. The Balaban J connectivity index is 0.00000112.